The van der Waals surface area contributed by atoms with Crippen LogP contribution in [0.25, 0.3) is 0 Å². The molecule has 1 spiro atoms. The number of hydrogen-bond acceptors (Lipinski definition) is 5. The van der Waals surface area contributed by atoms with Gasteiger partial charge >= 0.3 is 0 Å². The minimum atomic E-state index is -0.116. The summed E-state index contributed by atoms with van der Waals surface area (Å²) in [5, 5.41) is 14.4. The van der Waals surface area contributed by atoms with Gasteiger partial charge in [-0.25, -0.2) is 0 Å². The van der Waals surface area contributed by atoms with Crippen LogP contribution in [-0.2, 0) is 17.9 Å². The van der Waals surface area contributed by atoms with Gasteiger partial charge in [0.15, 0.2) is 5.69 Å². The summed E-state index contributed by atoms with van der Waals surface area (Å²) in [7, 11) is 0. The first kappa shape index (κ1) is 16.1. The van der Waals surface area contributed by atoms with Gasteiger partial charge in [-0.05, 0) is 37.4 Å². The van der Waals surface area contributed by atoms with E-state index in [2.05, 4.69) is 34.9 Å². The second-order valence-electron chi connectivity index (χ2n) is 8.05. The molecular weight excluding hydrogens is 306 g/mol. The van der Waals surface area contributed by atoms with E-state index >= 15 is 0 Å². The third kappa shape index (κ3) is 2.85. The number of ether oxygens (including phenoxy) is 1. The first-order valence-corrected chi connectivity index (χ1v) is 8.91. The van der Waals surface area contributed by atoms with Gasteiger partial charge in [0.05, 0.1) is 24.4 Å². The van der Waals surface area contributed by atoms with E-state index in [0.29, 0.717) is 12.3 Å². The lowest BCUT2D eigenvalue weighted by molar-refractivity contribution is -0.109. The Bertz CT molecular complexity index is 633. The van der Waals surface area contributed by atoms with Crippen molar-refractivity contribution in [2.75, 3.05) is 26.2 Å². The number of aromatic nitrogens is 2. The smallest absolute Gasteiger partial charge is 0.272 e. The number of fused-ring (bicyclic) bond motifs is 1. The largest absolute Gasteiger partial charge is 0.367 e. The van der Waals surface area contributed by atoms with E-state index in [1.165, 1.54) is 0 Å². The molecule has 132 valence electrons. The molecule has 1 amide bonds. The highest BCUT2D eigenvalue weighted by molar-refractivity contribution is 5.92. The van der Waals surface area contributed by atoms with E-state index in [-0.39, 0.29) is 23.0 Å². The molecule has 3 aliphatic rings. The number of nitrogens with one attached hydrogen (secondary N) is 3. The monoisotopic (exact) mass is 333 g/mol. The molecule has 0 radical (unpaired) electrons. The van der Waals surface area contributed by atoms with Gasteiger partial charge in [0.1, 0.15) is 0 Å². The normalized spacial score (nSPS) is 27.8. The third-order valence-electron chi connectivity index (χ3n) is 5.75. The molecule has 1 atom stereocenters. The van der Waals surface area contributed by atoms with Crippen LogP contribution in [0.15, 0.2) is 6.07 Å². The summed E-state index contributed by atoms with van der Waals surface area (Å²) in [6.45, 7) is 9.31. The highest BCUT2D eigenvalue weighted by Gasteiger charge is 2.39. The molecule has 4 heterocycles. The number of carbonyl (C=O) groups is 1. The van der Waals surface area contributed by atoms with Crippen molar-refractivity contribution in [3.8, 4) is 0 Å². The summed E-state index contributed by atoms with van der Waals surface area (Å²) in [5.74, 6) is -0.0852. The average molecular weight is 333 g/mol. The zero-order chi connectivity index (χ0) is 16.8. The van der Waals surface area contributed by atoms with E-state index in [9.17, 15) is 4.79 Å². The predicted octanol–water partition coefficient (Wildman–Crippen LogP) is 0.263. The predicted molar refractivity (Wildman–Crippen MR) is 89.8 cm³/mol. The van der Waals surface area contributed by atoms with Crippen molar-refractivity contribution in [2.24, 2.45) is 5.41 Å². The van der Waals surface area contributed by atoms with Crippen LogP contribution in [0.1, 0.15) is 42.9 Å². The Kier molecular flexibility index (Phi) is 3.89. The Morgan fingerprint density at radius 3 is 2.88 bits per heavy atom. The third-order valence-corrected chi connectivity index (χ3v) is 5.75. The minimum Gasteiger partial charge on any atom is -0.367 e. The van der Waals surface area contributed by atoms with Gasteiger partial charge in [-0.15, -0.1) is 0 Å². The molecule has 1 aromatic rings. The molecule has 1 unspecified atom stereocenters. The van der Waals surface area contributed by atoms with Gasteiger partial charge < -0.3 is 20.7 Å². The Hall–Kier alpha value is -1.44. The summed E-state index contributed by atoms with van der Waals surface area (Å²) in [6, 6.07) is 2.01. The number of nitrogens with zero attached hydrogens (tertiary/aromatic N) is 2. The molecule has 2 saturated heterocycles. The van der Waals surface area contributed by atoms with Crippen LogP contribution >= 0.6 is 0 Å². The maximum absolute atomic E-state index is 12.6. The average Bonchev–Trinajstić information content (AvgIpc) is 3.11. The minimum absolute atomic E-state index is 0.0667. The number of carbonyl (C=O) groups excluding carboxylic acids is 1. The highest BCUT2D eigenvalue weighted by Crippen LogP contribution is 2.31. The number of rotatable bonds is 2. The Morgan fingerprint density at radius 2 is 2.17 bits per heavy atom. The van der Waals surface area contributed by atoms with Crippen molar-refractivity contribution in [3.63, 3.8) is 0 Å². The number of piperidine rings is 1. The van der Waals surface area contributed by atoms with E-state index < -0.39 is 0 Å². The van der Waals surface area contributed by atoms with E-state index in [1.807, 2.05) is 10.7 Å². The number of amides is 1. The molecule has 0 aromatic carbocycles. The first-order chi connectivity index (χ1) is 11.5. The van der Waals surface area contributed by atoms with Crippen molar-refractivity contribution >= 4 is 5.91 Å². The van der Waals surface area contributed by atoms with Crippen LogP contribution in [0.4, 0.5) is 0 Å². The topological polar surface area (TPSA) is 80.2 Å². The zero-order valence-electron chi connectivity index (χ0n) is 14.5. The molecule has 0 bridgehead atoms. The van der Waals surface area contributed by atoms with Gasteiger partial charge in [-0.1, -0.05) is 13.8 Å². The van der Waals surface area contributed by atoms with Crippen molar-refractivity contribution in [1.29, 1.82) is 0 Å². The highest BCUT2D eigenvalue weighted by atomic mass is 16.5. The van der Waals surface area contributed by atoms with Crippen LogP contribution < -0.4 is 16.0 Å². The van der Waals surface area contributed by atoms with E-state index in [1.54, 1.807) is 0 Å². The summed E-state index contributed by atoms with van der Waals surface area (Å²) >= 11 is 0. The quantitative estimate of drug-likeness (QED) is 0.724. The van der Waals surface area contributed by atoms with E-state index in [0.717, 1.165) is 51.3 Å². The second-order valence-corrected chi connectivity index (χ2v) is 8.05. The van der Waals surface area contributed by atoms with E-state index in [4.69, 9.17) is 4.74 Å². The molecule has 3 aliphatic heterocycles. The zero-order valence-corrected chi connectivity index (χ0v) is 14.5. The maximum Gasteiger partial charge on any atom is 0.272 e. The fourth-order valence-electron chi connectivity index (χ4n) is 3.97. The van der Waals surface area contributed by atoms with Gasteiger partial charge in [0, 0.05) is 19.1 Å². The van der Waals surface area contributed by atoms with Crippen LogP contribution in [0.5, 0.6) is 0 Å². The fourth-order valence-corrected chi connectivity index (χ4v) is 3.97. The van der Waals surface area contributed by atoms with Crippen LogP contribution in [-0.4, -0.2) is 53.5 Å². The number of hydrogen-bond donors (Lipinski definition) is 3. The summed E-state index contributed by atoms with van der Waals surface area (Å²) in [5.41, 5.74) is 1.45. The van der Waals surface area contributed by atoms with Crippen molar-refractivity contribution in [1.82, 2.24) is 25.7 Å². The molecule has 0 saturated carbocycles. The van der Waals surface area contributed by atoms with Crippen molar-refractivity contribution in [2.45, 2.75) is 51.5 Å². The molecule has 3 N–H and O–H groups in total. The Balaban J connectivity index is 1.47. The summed E-state index contributed by atoms with van der Waals surface area (Å²) in [4.78, 5) is 12.6. The molecular formula is C17H27N5O2. The standard InChI is InChI=1S/C17H27N5O2/c1-16(2)10-19-8-14(16)20-15(23)13-7-12-9-24-17(11-22(12)21-13)3-5-18-6-4-17/h7,14,18-19H,3-6,8-11H2,1-2H3,(H,20,23). The molecule has 7 nitrogen and oxygen atoms in total. The molecule has 2 fully saturated rings. The Labute approximate surface area is 142 Å². The molecule has 4 rings (SSSR count). The lowest BCUT2D eigenvalue weighted by Crippen LogP contribution is -2.49. The second kappa shape index (κ2) is 5.82. The fraction of sp³-hybridized carbons (Fsp3) is 0.765. The summed E-state index contributed by atoms with van der Waals surface area (Å²) < 4.78 is 8.12. The first-order valence-electron chi connectivity index (χ1n) is 8.91. The molecule has 7 heteroatoms. The summed E-state index contributed by atoms with van der Waals surface area (Å²) in [6.07, 6.45) is 1.99. The maximum atomic E-state index is 12.6. The lowest BCUT2D eigenvalue weighted by Gasteiger charge is -2.40. The van der Waals surface area contributed by atoms with Gasteiger partial charge in [-0.3, -0.25) is 9.48 Å². The molecule has 0 aliphatic carbocycles. The lowest BCUT2D eigenvalue weighted by atomic mass is 9.88. The van der Waals surface area contributed by atoms with Crippen molar-refractivity contribution in [3.05, 3.63) is 17.5 Å². The van der Waals surface area contributed by atoms with Gasteiger partial charge in [-0.2, -0.15) is 5.10 Å². The SMILES string of the molecule is CC1(C)CNCC1NC(=O)c1cc2n(n1)CC1(CCNCC1)OC2. The van der Waals surface area contributed by atoms with Crippen LogP contribution in [0.3, 0.4) is 0 Å². The van der Waals surface area contributed by atoms with Gasteiger partial charge in [0.2, 0.25) is 0 Å². The van der Waals surface area contributed by atoms with Crippen molar-refractivity contribution < 1.29 is 9.53 Å². The molecule has 1 aromatic heterocycles. The molecule has 24 heavy (non-hydrogen) atoms. The van der Waals surface area contributed by atoms with Crippen LogP contribution in [0, 0.1) is 5.41 Å². The van der Waals surface area contributed by atoms with Crippen LogP contribution in [0.2, 0.25) is 0 Å². The van der Waals surface area contributed by atoms with Gasteiger partial charge in [0.25, 0.3) is 5.91 Å². The Morgan fingerprint density at radius 1 is 1.38 bits per heavy atom.